The van der Waals surface area contributed by atoms with Crippen LogP contribution in [0.15, 0.2) is 0 Å². The number of piperidine rings is 1. The number of hydrogen-bond acceptors (Lipinski definition) is 2. The van der Waals surface area contributed by atoms with E-state index in [4.69, 9.17) is 0 Å². The molecule has 2 unspecified atom stereocenters. The van der Waals surface area contributed by atoms with Gasteiger partial charge in [0.25, 0.3) is 5.92 Å². The van der Waals surface area contributed by atoms with Gasteiger partial charge in [-0.15, -0.1) is 0 Å². The molecule has 2 aliphatic heterocycles. The number of hydrogen-bond donors (Lipinski definition) is 1. The summed E-state index contributed by atoms with van der Waals surface area (Å²) in [6.07, 6.45) is 1.80. The summed E-state index contributed by atoms with van der Waals surface area (Å²) in [5, 5.41) is 2.82. The van der Waals surface area contributed by atoms with E-state index in [0.717, 1.165) is 26.2 Å². The van der Waals surface area contributed by atoms with E-state index in [-0.39, 0.29) is 5.91 Å². The summed E-state index contributed by atoms with van der Waals surface area (Å²) in [7, 11) is 0. The fourth-order valence-electron chi connectivity index (χ4n) is 3.77. The lowest BCUT2D eigenvalue weighted by Gasteiger charge is -2.33. The maximum Gasteiger partial charge on any atom is 0.257 e. The molecule has 1 amide bonds. The van der Waals surface area contributed by atoms with E-state index in [0.29, 0.717) is 25.2 Å². The van der Waals surface area contributed by atoms with Crippen molar-refractivity contribution in [2.45, 2.75) is 32.1 Å². The van der Waals surface area contributed by atoms with Crippen molar-refractivity contribution in [2.75, 3.05) is 26.2 Å². The molecule has 0 aromatic carbocycles. The second-order valence-electron chi connectivity index (χ2n) is 6.18. The summed E-state index contributed by atoms with van der Waals surface area (Å²) >= 11 is 0. The summed E-state index contributed by atoms with van der Waals surface area (Å²) in [4.78, 5) is 13.4. The molecule has 1 N–H and O–H groups in total. The number of nitrogens with one attached hydrogen (secondary N) is 1. The molecular weight excluding hydrogens is 238 g/mol. The molecular formula is C13H20F2N2O. The van der Waals surface area contributed by atoms with Crippen molar-refractivity contribution >= 4 is 5.91 Å². The minimum absolute atomic E-state index is 0.121. The van der Waals surface area contributed by atoms with Crippen LogP contribution < -0.4 is 5.32 Å². The van der Waals surface area contributed by atoms with Gasteiger partial charge in [-0.05, 0) is 31.8 Å². The van der Waals surface area contributed by atoms with Gasteiger partial charge in [-0.25, -0.2) is 8.78 Å². The Morgan fingerprint density at radius 1 is 1.39 bits per heavy atom. The molecule has 2 atom stereocenters. The highest BCUT2D eigenvalue weighted by Gasteiger charge is 2.77. The Kier molecular flexibility index (Phi) is 2.66. The fraction of sp³-hybridized carbons (Fsp3) is 0.923. The molecule has 102 valence electrons. The van der Waals surface area contributed by atoms with E-state index in [2.05, 4.69) is 10.2 Å². The van der Waals surface area contributed by atoms with E-state index < -0.39 is 17.3 Å². The summed E-state index contributed by atoms with van der Waals surface area (Å²) in [6.45, 7) is 4.80. The molecule has 0 aromatic rings. The van der Waals surface area contributed by atoms with Gasteiger partial charge in [0.1, 0.15) is 0 Å². The summed E-state index contributed by atoms with van der Waals surface area (Å²) in [5.74, 6) is -2.40. The highest BCUT2D eigenvalue weighted by Crippen LogP contribution is 2.70. The summed E-state index contributed by atoms with van der Waals surface area (Å²) in [6, 6.07) is 0. The first-order valence-electron chi connectivity index (χ1n) is 6.82. The summed E-state index contributed by atoms with van der Waals surface area (Å²) < 4.78 is 27.2. The van der Waals surface area contributed by atoms with Crippen LogP contribution >= 0.6 is 0 Å². The van der Waals surface area contributed by atoms with E-state index in [1.807, 2.05) is 0 Å². The number of carbonyl (C=O) groups is 1. The van der Waals surface area contributed by atoms with Gasteiger partial charge in [-0.2, -0.15) is 0 Å². The lowest BCUT2D eigenvalue weighted by molar-refractivity contribution is -0.119. The Bertz CT molecular complexity index is 364. The zero-order valence-electron chi connectivity index (χ0n) is 10.7. The van der Waals surface area contributed by atoms with Crippen LogP contribution in [0.4, 0.5) is 8.78 Å². The number of carbonyl (C=O) groups excluding carboxylic acids is 1. The van der Waals surface area contributed by atoms with Gasteiger partial charge in [0.05, 0.1) is 0 Å². The molecule has 2 saturated heterocycles. The number of amides is 1. The van der Waals surface area contributed by atoms with E-state index in [1.54, 1.807) is 6.92 Å². The van der Waals surface area contributed by atoms with Crippen molar-refractivity contribution in [2.24, 2.45) is 17.3 Å². The average Bonchev–Trinajstić information content (AvgIpc) is 2.68. The van der Waals surface area contributed by atoms with Crippen molar-refractivity contribution in [1.82, 2.24) is 10.2 Å². The first kappa shape index (κ1) is 12.3. The highest BCUT2D eigenvalue weighted by atomic mass is 19.3. The van der Waals surface area contributed by atoms with Crippen LogP contribution in [-0.2, 0) is 4.79 Å². The molecule has 3 nitrogen and oxygen atoms in total. The second-order valence-corrected chi connectivity index (χ2v) is 6.18. The lowest BCUT2D eigenvalue weighted by atomic mass is 9.90. The largest absolute Gasteiger partial charge is 0.356 e. The van der Waals surface area contributed by atoms with Crippen molar-refractivity contribution in [3.63, 3.8) is 0 Å². The van der Waals surface area contributed by atoms with Gasteiger partial charge < -0.3 is 10.2 Å². The molecule has 5 heteroatoms. The van der Waals surface area contributed by atoms with Gasteiger partial charge in [0, 0.05) is 30.8 Å². The number of rotatable bonds is 2. The van der Waals surface area contributed by atoms with Gasteiger partial charge >= 0.3 is 0 Å². The van der Waals surface area contributed by atoms with E-state index in [9.17, 15) is 13.6 Å². The van der Waals surface area contributed by atoms with Crippen molar-refractivity contribution in [3.05, 3.63) is 0 Å². The predicted octanol–water partition coefficient (Wildman–Crippen LogP) is 1.49. The predicted molar refractivity (Wildman–Crippen MR) is 63.3 cm³/mol. The summed E-state index contributed by atoms with van der Waals surface area (Å²) in [5.41, 5.74) is -0.701. The molecule has 3 rings (SSSR count). The second kappa shape index (κ2) is 3.89. The van der Waals surface area contributed by atoms with Gasteiger partial charge in [0.2, 0.25) is 5.91 Å². The Morgan fingerprint density at radius 3 is 2.44 bits per heavy atom. The number of halogens is 2. The zero-order chi connectivity index (χ0) is 13.0. The van der Waals surface area contributed by atoms with Gasteiger partial charge in [0.15, 0.2) is 0 Å². The number of nitrogens with zero attached hydrogens (tertiary/aromatic N) is 1. The molecule has 0 aromatic heterocycles. The van der Waals surface area contributed by atoms with Crippen LogP contribution in [0.5, 0.6) is 0 Å². The monoisotopic (exact) mass is 258 g/mol. The first-order chi connectivity index (χ1) is 8.46. The standard InChI is InChI=1S/C13H20F2N2O/c1-9-12(13(9,14)15)2-4-17(5-3-12)8-10-6-11(18)16-7-10/h9-10H,2-8H2,1H3,(H,16,18). The quantitative estimate of drug-likeness (QED) is 0.814. The minimum atomic E-state index is -2.44. The van der Waals surface area contributed by atoms with Crippen molar-refractivity contribution < 1.29 is 13.6 Å². The molecule has 1 saturated carbocycles. The lowest BCUT2D eigenvalue weighted by Crippen LogP contribution is -2.39. The molecule has 3 fully saturated rings. The van der Waals surface area contributed by atoms with E-state index >= 15 is 0 Å². The van der Waals surface area contributed by atoms with Gasteiger partial charge in [-0.3, -0.25) is 4.79 Å². The van der Waals surface area contributed by atoms with Crippen LogP contribution in [0.25, 0.3) is 0 Å². The maximum atomic E-state index is 13.6. The normalized spacial score (nSPS) is 37.8. The third-order valence-corrected chi connectivity index (χ3v) is 5.28. The highest BCUT2D eigenvalue weighted by molar-refractivity contribution is 5.78. The average molecular weight is 258 g/mol. The topological polar surface area (TPSA) is 32.3 Å². The minimum Gasteiger partial charge on any atom is -0.356 e. The van der Waals surface area contributed by atoms with Crippen LogP contribution in [0.2, 0.25) is 0 Å². The van der Waals surface area contributed by atoms with Crippen molar-refractivity contribution in [1.29, 1.82) is 0 Å². The van der Waals surface area contributed by atoms with E-state index in [1.165, 1.54) is 0 Å². The smallest absolute Gasteiger partial charge is 0.257 e. The molecule has 0 bridgehead atoms. The van der Waals surface area contributed by atoms with Crippen LogP contribution in [0, 0.1) is 17.3 Å². The van der Waals surface area contributed by atoms with Crippen molar-refractivity contribution in [3.8, 4) is 0 Å². The first-order valence-corrected chi connectivity index (χ1v) is 6.82. The Hall–Kier alpha value is -0.710. The Morgan fingerprint density at radius 2 is 2.00 bits per heavy atom. The number of alkyl halides is 2. The maximum absolute atomic E-state index is 13.6. The molecule has 1 spiro atoms. The molecule has 3 aliphatic rings. The molecule has 0 radical (unpaired) electrons. The van der Waals surface area contributed by atoms with Gasteiger partial charge in [-0.1, -0.05) is 6.92 Å². The molecule has 18 heavy (non-hydrogen) atoms. The fourth-order valence-corrected chi connectivity index (χ4v) is 3.77. The van der Waals surface area contributed by atoms with Crippen LogP contribution in [0.1, 0.15) is 26.2 Å². The Balaban J connectivity index is 1.51. The zero-order valence-corrected chi connectivity index (χ0v) is 10.7. The Labute approximate surface area is 106 Å². The SMILES string of the molecule is CC1C(F)(F)C12CCN(CC1CNC(=O)C1)CC2. The third-order valence-electron chi connectivity index (χ3n) is 5.28. The number of likely N-dealkylation sites (tertiary alicyclic amines) is 1. The molecule has 2 heterocycles. The van der Waals surface area contributed by atoms with Crippen LogP contribution in [-0.4, -0.2) is 42.9 Å². The van der Waals surface area contributed by atoms with Crippen LogP contribution in [0.3, 0.4) is 0 Å². The third kappa shape index (κ3) is 1.67. The molecule has 1 aliphatic carbocycles.